The van der Waals surface area contributed by atoms with E-state index in [0.717, 1.165) is 22.7 Å². The molecule has 0 aliphatic rings. The molecule has 1 aromatic heterocycles. The van der Waals surface area contributed by atoms with Gasteiger partial charge in [-0.15, -0.1) is 11.8 Å². The van der Waals surface area contributed by atoms with Gasteiger partial charge in [-0.3, -0.25) is 4.98 Å². The zero-order valence-electron chi connectivity index (χ0n) is 14.2. The quantitative estimate of drug-likeness (QED) is 0.654. The molecule has 3 aromatic rings. The van der Waals surface area contributed by atoms with E-state index in [-0.39, 0.29) is 6.04 Å². The van der Waals surface area contributed by atoms with Gasteiger partial charge in [-0.2, -0.15) is 0 Å². The highest BCUT2D eigenvalue weighted by atomic mass is 32.2. The number of nitrogens with one attached hydrogen (secondary N) is 1. The zero-order valence-corrected chi connectivity index (χ0v) is 15.1. The largest absolute Gasteiger partial charge is 0.496 e. The lowest BCUT2D eigenvalue weighted by atomic mass is 10.1. The molecule has 1 heterocycles. The van der Waals surface area contributed by atoms with Crippen LogP contribution >= 0.6 is 11.8 Å². The Balaban J connectivity index is 1.76. The van der Waals surface area contributed by atoms with Gasteiger partial charge in [0.05, 0.1) is 12.6 Å². The molecule has 4 heteroatoms. The second-order valence-corrected chi connectivity index (χ2v) is 6.56. The predicted octanol–water partition coefficient (Wildman–Crippen LogP) is 4.82. The molecule has 3 nitrogen and oxygen atoms in total. The van der Waals surface area contributed by atoms with E-state index >= 15 is 0 Å². The first-order valence-corrected chi connectivity index (χ1v) is 9.23. The van der Waals surface area contributed by atoms with Crippen molar-refractivity contribution in [1.29, 1.82) is 0 Å². The van der Waals surface area contributed by atoms with Crippen LogP contribution in [-0.2, 0) is 6.54 Å². The molecule has 0 saturated carbocycles. The highest BCUT2D eigenvalue weighted by Crippen LogP contribution is 2.30. The summed E-state index contributed by atoms with van der Waals surface area (Å²) in [5.41, 5.74) is 3.50. The minimum Gasteiger partial charge on any atom is -0.496 e. The van der Waals surface area contributed by atoms with Gasteiger partial charge in [0.1, 0.15) is 5.75 Å². The molecule has 0 spiro atoms. The van der Waals surface area contributed by atoms with Crippen molar-refractivity contribution in [3.63, 3.8) is 0 Å². The maximum atomic E-state index is 5.49. The van der Waals surface area contributed by atoms with Crippen LogP contribution in [0.15, 0.2) is 59.6 Å². The predicted molar refractivity (Wildman–Crippen MR) is 102 cm³/mol. The second kappa shape index (κ2) is 7.69. The van der Waals surface area contributed by atoms with Gasteiger partial charge in [0, 0.05) is 29.1 Å². The fourth-order valence-electron chi connectivity index (χ4n) is 2.81. The topological polar surface area (TPSA) is 34.1 Å². The van der Waals surface area contributed by atoms with Crippen molar-refractivity contribution in [2.45, 2.75) is 24.4 Å². The number of methoxy groups -OCH3 is 1. The number of rotatable bonds is 6. The van der Waals surface area contributed by atoms with Crippen molar-refractivity contribution in [1.82, 2.24) is 10.3 Å². The monoisotopic (exact) mass is 338 g/mol. The van der Waals surface area contributed by atoms with Crippen molar-refractivity contribution in [3.05, 3.63) is 65.9 Å². The normalized spacial score (nSPS) is 12.3. The Morgan fingerprint density at radius 1 is 1.17 bits per heavy atom. The standard InChI is InChI=1S/C20H22N2OS/c1-14(16-9-10-19(24-3)18(12-16)23-2)22-13-17-7-4-6-15-8-5-11-21-20(15)17/h4-12,14,22H,13H2,1-3H3/t14-/m0/s1. The van der Waals surface area contributed by atoms with E-state index in [0.29, 0.717) is 0 Å². The molecular formula is C20H22N2OS. The number of nitrogens with zero attached hydrogens (tertiary/aromatic N) is 1. The van der Waals surface area contributed by atoms with E-state index in [9.17, 15) is 0 Å². The summed E-state index contributed by atoms with van der Waals surface area (Å²) in [6, 6.07) is 17.0. The minimum atomic E-state index is 0.230. The average Bonchev–Trinajstić information content (AvgIpc) is 2.65. The second-order valence-electron chi connectivity index (χ2n) is 5.71. The summed E-state index contributed by atoms with van der Waals surface area (Å²) in [5.74, 6) is 0.931. The highest BCUT2D eigenvalue weighted by Gasteiger charge is 2.10. The molecule has 0 unspecified atom stereocenters. The number of aromatic nitrogens is 1. The Kier molecular flexibility index (Phi) is 5.38. The smallest absolute Gasteiger partial charge is 0.132 e. The average molecular weight is 338 g/mol. The molecule has 0 bridgehead atoms. The van der Waals surface area contributed by atoms with Crippen LogP contribution in [0, 0.1) is 0 Å². The molecule has 1 atom stereocenters. The third-order valence-electron chi connectivity index (χ3n) is 4.22. The first-order chi connectivity index (χ1) is 11.7. The van der Waals surface area contributed by atoms with E-state index in [1.54, 1.807) is 18.9 Å². The summed E-state index contributed by atoms with van der Waals surface area (Å²) in [6.07, 6.45) is 3.91. The highest BCUT2D eigenvalue weighted by molar-refractivity contribution is 7.98. The molecule has 0 saturated heterocycles. The van der Waals surface area contributed by atoms with Crippen molar-refractivity contribution >= 4 is 22.7 Å². The lowest BCUT2D eigenvalue weighted by Crippen LogP contribution is -2.18. The van der Waals surface area contributed by atoms with E-state index < -0.39 is 0 Å². The van der Waals surface area contributed by atoms with Crippen LogP contribution in [0.25, 0.3) is 10.9 Å². The van der Waals surface area contributed by atoms with Crippen LogP contribution in [0.1, 0.15) is 24.1 Å². The van der Waals surface area contributed by atoms with E-state index in [1.165, 1.54) is 16.5 Å². The van der Waals surface area contributed by atoms with Crippen LogP contribution in [0.3, 0.4) is 0 Å². The first kappa shape index (κ1) is 16.8. The molecule has 124 valence electrons. The van der Waals surface area contributed by atoms with Gasteiger partial charge in [0.2, 0.25) is 0 Å². The van der Waals surface area contributed by atoms with Gasteiger partial charge in [-0.05, 0) is 42.5 Å². The summed E-state index contributed by atoms with van der Waals surface area (Å²) in [7, 11) is 1.72. The maximum absolute atomic E-state index is 5.49. The van der Waals surface area contributed by atoms with Crippen molar-refractivity contribution < 1.29 is 4.74 Å². The van der Waals surface area contributed by atoms with Gasteiger partial charge >= 0.3 is 0 Å². The van der Waals surface area contributed by atoms with E-state index in [2.05, 4.69) is 65.9 Å². The molecule has 3 rings (SSSR count). The molecule has 2 aromatic carbocycles. The van der Waals surface area contributed by atoms with Crippen LogP contribution < -0.4 is 10.1 Å². The molecule has 0 fully saturated rings. The Morgan fingerprint density at radius 2 is 2.00 bits per heavy atom. The number of benzene rings is 2. The molecule has 0 radical (unpaired) electrons. The number of thioether (sulfide) groups is 1. The Labute approximate surface area is 147 Å². The molecule has 0 amide bonds. The zero-order chi connectivity index (χ0) is 16.9. The van der Waals surface area contributed by atoms with Crippen molar-refractivity contribution in [3.8, 4) is 5.75 Å². The number of para-hydroxylation sites is 1. The number of pyridine rings is 1. The lowest BCUT2D eigenvalue weighted by molar-refractivity contribution is 0.403. The summed E-state index contributed by atoms with van der Waals surface area (Å²) in [6.45, 7) is 2.95. The third kappa shape index (κ3) is 3.55. The fraction of sp³-hybridized carbons (Fsp3) is 0.250. The van der Waals surface area contributed by atoms with Gasteiger partial charge < -0.3 is 10.1 Å². The Bertz CT molecular complexity index is 829. The fourth-order valence-corrected chi connectivity index (χ4v) is 3.36. The van der Waals surface area contributed by atoms with E-state index in [1.807, 2.05) is 12.3 Å². The number of hydrogen-bond donors (Lipinski definition) is 1. The summed E-state index contributed by atoms with van der Waals surface area (Å²) in [5, 5.41) is 4.77. The molecule has 0 aliphatic heterocycles. The maximum Gasteiger partial charge on any atom is 0.132 e. The van der Waals surface area contributed by atoms with Crippen LogP contribution in [-0.4, -0.2) is 18.3 Å². The molecule has 0 aliphatic carbocycles. The number of hydrogen-bond acceptors (Lipinski definition) is 4. The number of ether oxygens (including phenoxy) is 1. The Hall–Kier alpha value is -2.04. The van der Waals surface area contributed by atoms with Gasteiger partial charge in [0.15, 0.2) is 0 Å². The van der Waals surface area contributed by atoms with Gasteiger partial charge in [0.25, 0.3) is 0 Å². The first-order valence-electron chi connectivity index (χ1n) is 8.01. The van der Waals surface area contributed by atoms with E-state index in [4.69, 9.17) is 4.74 Å². The van der Waals surface area contributed by atoms with Crippen molar-refractivity contribution in [2.24, 2.45) is 0 Å². The summed E-state index contributed by atoms with van der Waals surface area (Å²) < 4.78 is 5.49. The van der Waals surface area contributed by atoms with Crippen LogP contribution in [0.5, 0.6) is 5.75 Å². The summed E-state index contributed by atoms with van der Waals surface area (Å²) in [4.78, 5) is 5.68. The SMILES string of the molecule is COc1cc([C@H](C)NCc2cccc3cccnc23)ccc1SC. The van der Waals surface area contributed by atoms with Crippen LogP contribution in [0.2, 0.25) is 0 Å². The molecular weight excluding hydrogens is 316 g/mol. The van der Waals surface area contributed by atoms with Gasteiger partial charge in [-0.1, -0.05) is 30.3 Å². The van der Waals surface area contributed by atoms with Gasteiger partial charge in [-0.25, -0.2) is 0 Å². The minimum absolute atomic E-state index is 0.230. The lowest BCUT2D eigenvalue weighted by Gasteiger charge is -2.17. The summed E-state index contributed by atoms with van der Waals surface area (Å²) >= 11 is 1.70. The molecule has 1 N–H and O–H groups in total. The third-order valence-corrected chi connectivity index (χ3v) is 5.00. The Morgan fingerprint density at radius 3 is 2.79 bits per heavy atom. The molecule has 24 heavy (non-hydrogen) atoms. The number of fused-ring (bicyclic) bond motifs is 1. The van der Waals surface area contributed by atoms with Crippen molar-refractivity contribution in [2.75, 3.05) is 13.4 Å². The van der Waals surface area contributed by atoms with Crippen LogP contribution in [0.4, 0.5) is 0 Å².